The van der Waals surface area contributed by atoms with Crippen molar-refractivity contribution in [2.24, 2.45) is 0 Å². The molecule has 6 heteroatoms. The lowest BCUT2D eigenvalue weighted by Gasteiger charge is -2.38. The molecule has 0 aliphatic carbocycles. The van der Waals surface area contributed by atoms with Crippen molar-refractivity contribution in [3.05, 3.63) is 42.7 Å². The Morgan fingerprint density at radius 1 is 1.29 bits per heavy atom. The van der Waals surface area contributed by atoms with Crippen molar-refractivity contribution in [2.45, 2.75) is 42.8 Å². The van der Waals surface area contributed by atoms with Crippen LogP contribution in [0, 0.1) is 0 Å². The van der Waals surface area contributed by atoms with Crippen LogP contribution in [-0.4, -0.2) is 45.0 Å². The molecule has 3 heterocycles. The van der Waals surface area contributed by atoms with Gasteiger partial charge in [-0.1, -0.05) is 12.1 Å². The first-order valence-corrected chi connectivity index (χ1v) is 9.46. The van der Waals surface area contributed by atoms with Crippen LogP contribution in [0.15, 0.2) is 47.6 Å². The molecule has 0 radical (unpaired) electrons. The first-order valence-electron chi connectivity index (χ1n) is 8.47. The summed E-state index contributed by atoms with van der Waals surface area (Å²) in [6.45, 7) is 1.58. The molecule has 1 saturated heterocycles. The second kappa shape index (κ2) is 6.89. The second-order valence-corrected chi connectivity index (χ2v) is 7.34. The van der Waals surface area contributed by atoms with Gasteiger partial charge in [-0.3, -0.25) is 9.48 Å². The molecule has 2 atom stereocenters. The highest BCUT2D eigenvalue weighted by Gasteiger charge is 2.35. The molecule has 0 bridgehead atoms. The van der Waals surface area contributed by atoms with Crippen LogP contribution in [0.5, 0.6) is 5.75 Å². The zero-order chi connectivity index (χ0) is 16.4. The van der Waals surface area contributed by atoms with Gasteiger partial charge in [0.1, 0.15) is 5.75 Å². The van der Waals surface area contributed by atoms with Gasteiger partial charge in [0.25, 0.3) is 5.91 Å². The quantitative estimate of drug-likeness (QED) is 0.860. The number of fused-ring (bicyclic) bond motifs is 1. The maximum atomic E-state index is 13.1. The zero-order valence-electron chi connectivity index (χ0n) is 13.5. The normalized spacial score (nSPS) is 23.4. The molecule has 2 unspecified atom stereocenters. The van der Waals surface area contributed by atoms with Crippen molar-refractivity contribution in [3.63, 3.8) is 0 Å². The van der Waals surface area contributed by atoms with E-state index in [1.165, 1.54) is 6.42 Å². The van der Waals surface area contributed by atoms with Crippen LogP contribution >= 0.6 is 11.8 Å². The lowest BCUT2D eigenvalue weighted by molar-refractivity contribution is -0.142. The molecule has 2 aromatic rings. The fourth-order valence-corrected chi connectivity index (χ4v) is 4.41. The van der Waals surface area contributed by atoms with Crippen LogP contribution < -0.4 is 4.74 Å². The topological polar surface area (TPSA) is 47.4 Å². The van der Waals surface area contributed by atoms with E-state index in [9.17, 15) is 4.79 Å². The number of hydrogen-bond acceptors (Lipinski definition) is 4. The molecule has 24 heavy (non-hydrogen) atoms. The number of ether oxygens (including phenoxy) is 1. The number of carbonyl (C=O) groups is 1. The van der Waals surface area contributed by atoms with Crippen molar-refractivity contribution >= 4 is 17.7 Å². The van der Waals surface area contributed by atoms with Gasteiger partial charge < -0.3 is 9.64 Å². The first kappa shape index (κ1) is 15.6. The number of likely N-dealkylation sites (tertiary alicyclic amines) is 1. The maximum absolute atomic E-state index is 13.1. The molecule has 1 aromatic heterocycles. The standard InChI is InChI=1S/C18H21N3O2S/c22-18(16-13-24-17-8-2-1-7-15(17)23-16)21-11-4-3-6-14(21)12-20-10-5-9-19-20/h1-2,5,7-10,14,16H,3-4,6,11-13H2. The van der Waals surface area contributed by atoms with E-state index in [0.29, 0.717) is 5.75 Å². The van der Waals surface area contributed by atoms with Crippen LogP contribution in [0.25, 0.3) is 0 Å². The summed E-state index contributed by atoms with van der Waals surface area (Å²) in [6, 6.07) is 10.1. The Balaban J connectivity index is 1.48. The Bertz CT molecular complexity index is 704. The largest absolute Gasteiger partial charge is 0.479 e. The van der Waals surface area contributed by atoms with Gasteiger partial charge in [-0.15, -0.1) is 11.8 Å². The number of para-hydroxylation sites is 1. The third-order valence-electron chi connectivity index (χ3n) is 4.65. The number of rotatable bonds is 3. The van der Waals surface area contributed by atoms with E-state index in [-0.39, 0.29) is 18.1 Å². The highest BCUT2D eigenvalue weighted by molar-refractivity contribution is 7.99. The Morgan fingerprint density at radius 3 is 3.08 bits per heavy atom. The number of amides is 1. The molecule has 0 N–H and O–H groups in total. The summed E-state index contributed by atoms with van der Waals surface area (Å²) in [4.78, 5) is 16.2. The van der Waals surface area contributed by atoms with Crippen LogP contribution in [0.3, 0.4) is 0 Å². The van der Waals surface area contributed by atoms with Gasteiger partial charge in [-0.2, -0.15) is 5.10 Å². The fraction of sp³-hybridized carbons (Fsp3) is 0.444. The highest BCUT2D eigenvalue weighted by atomic mass is 32.2. The van der Waals surface area contributed by atoms with Crippen LogP contribution in [0.1, 0.15) is 19.3 Å². The number of benzene rings is 1. The lowest BCUT2D eigenvalue weighted by Crippen LogP contribution is -2.52. The molecular formula is C18H21N3O2S. The lowest BCUT2D eigenvalue weighted by atomic mass is 10.0. The molecule has 126 valence electrons. The van der Waals surface area contributed by atoms with Crippen molar-refractivity contribution in [2.75, 3.05) is 12.3 Å². The first-order chi connectivity index (χ1) is 11.8. The third-order valence-corrected chi connectivity index (χ3v) is 5.77. The van der Waals surface area contributed by atoms with Gasteiger partial charge in [0.15, 0.2) is 6.10 Å². The van der Waals surface area contributed by atoms with Crippen molar-refractivity contribution in [1.29, 1.82) is 0 Å². The average molecular weight is 343 g/mol. The minimum atomic E-state index is -0.386. The Labute approximate surface area is 146 Å². The second-order valence-electron chi connectivity index (χ2n) is 6.27. The monoisotopic (exact) mass is 343 g/mol. The van der Waals surface area contributed by atoms with Gasteiger partial charge in [-0.05, 0) is 37.5 Å². The summed E-state index contributed by atoms with van der Waals surface area (Å²) in [7, 11) is 0. The summed E-state index contributed by atoms with van der Waals surface area (Å²) < 4.78 is 7.91. The van der Waals surface area contributed by atoms with E-state index in [4.69, 9.17) is 4.74 Å². The van der Waals surface area contributed by atoms with Crippen LogP contribution in [0.4, 0.5) is 0 Å². The van der Waals surface area contributed by atoms with E-state index in [2.05, 4.69) is 5.10 Å². The van der Waals surface area contributed by atoms with Gasteiger partial charge >= 0.3 is 0 Å². The highest BCUT2D eigenvalue weighted by Crippen LogP contribution is 2.35. The molecule has 2 aliphatic rings. The van der Waals surface area contributed by atoms with Crippen molar-refractivity contribution in [3.8, 4) is 5.75 Å². The molecular weight excluding hydrogens is 322 g/mol. The van der Waals surface area contributed by atoms with E-state index in [1.807, 2.05) is 46.1 Å². The predicted octanol–water partition coefficient (Wildman–Crippen LogP) is 2.82. The van der Waals surface area contributed by atoms with E-state index < -0.39 is 0 Å². The van der Waals surface area contributed by atoms with Gasteiger partial charge in [0.2, 0.25) is 0 Å². The summed E-state index contributed by atoms with van der Waals surface area (Å²) in [5, 5.41) is 4.29. The molecule has 5 nitrogen and oxygen atoms in total. The molecule has 0 spiro atoms. The SMILES string of the molecule is O=C(C1CSc2ccccc2O1)N1CCCCC1Cn1cccn1. The molecule has 1 amide bonds. The van der Waals surface area contributed by atoms with E-state index >= 15 is 0 Å². The van der Waals surface area contributed by atoms with E-state index in [1.54, 1.807) is 18.0 Å². The number of piperidine rings is 1. The number of carbonyl (C=O) groups excluding carboxylic acids is 1. The van der Waals surface area contributed by atoms with Crippen molar-refractivity contribution in [1.82, 2.24) is 14.7 Å². The number of nitrogens with zero attached hydrogens (tertiary/aromatic N) is 3. The smallest absolute Gasteiger partial charge is 0.264 e. The maximum Gasteiger partial charge on any atom is 0.264 e. The summed E-state index contributed by atoms with van der Waals surface area (Å²) in [5.74, 6) is 1.63. The number of hydrogen-bond donors (Lipinski definition) is 0. The fourth-order valence-electron chi connectivity index (χ4n) is 3.43. The zero-order valence-corrected chi connectivity index (χ0v) is 14.3. The van der Waals surface area contributed by atoms with Crippen LogP contribution in [0.2, 0.25) is 0 Å². The third kappa shape index (κ3) is 3.15. The van der Waals surface area contributed by atoms with Crippen LogP contribution in [-0.2, 0) is 11.3 Å². The summed E-state index contributed by atoms with van der Waals surface area (Å²) in [6.07, 6.45) is 6.62. The average Bonchev–Trinajstić information content (AvgIpc) is 3.14. The minimum Gasteiger partial charge on any atom is -0.479 e. The molecule has 1 fully saturated rings. The number of thioether (sulfide) groups is 1. The minimum absolute atomic E-state index is 0.119. The molecule has 1 aromatic carbocycles. The summed E-state index contributed by atoms with van der Waals surface area (Å²) in [5.41, 5.74) is 0. The van der Waals surface area contributed by atoms with Crippen molar-refractivity contribution < 1.29 is 9.53 Å². The molecule has 4 rings (SSSR count). The van der Waals surface area contributed by atoms with E-state index in [0.717, 1.165) is 36.6 Å². The van der Waals surface area contributed by atoms with Gasteiger partial charge in [0, 0.05) is 29.6 Å². The molecule has 2 aliphatic heterocycles. The predicted molar refractivity (Wildman–Crippen MR) is 93.2 cm³/mol. The summed E-state index contributed by atoms with van der Waals surface area (Å²) >= 11 is 1.71. The Hall–Kier alpha value is -1.95. The number of aromatic nitrogens is 2. The Morgan fingerprint density at radius 2 is 2.21 bits per heavy atom. The Kier molecular flexibility index (Phi) is 4.47. The van der Waals surface area contributed by atoms with Gasteiger partial charge in [0.05, 0.1) is 12.6 Å². The molecule has 0 saturated carbocycles. The van der Waals surface area contributed by atoms with Gasteiger partial charge in [-0.25, -0.2) is 0 Å².